The second-order valence-corrected chi connectivity index (χ2v) is 7.12. The molecule has 0 aromatic heterocycles. The summed E-state index contributed by atoms with van der Waals surface area (Å²) in [6.45, 7) is -3.83. The zero-order chi connectivity index (χ0) is 15.3. The van der Waals surface area contributed by atoms with Crippen LogP contribution in [-0.2, 0) is 16.3 Å². The summed E-state index contributed by atoms with van der Waals surface area (Å²) < 4.78 is 4.44. The van der Waals surface area contributed by atoms with Gasteiger partial charge in [-0.15, -0.1) is 0 Å². The van der Waals surface area contributed by atoms with Gasteiger partial charge in [-0.25, -0.2) is 4.79 Å². The second kappa shape index (κ2) is 7.62. The number of nitrogens with one attached hydrogen (secondary N) is 1. The Bertz CT molecular complexity index is 379. The SMILES string of the molecule is O=C1NC(O)CCN1CC[C@H](O)[C@H](O)COP(O)(O)=S. The van der Waals surface area contributed by atoms with E-state index in [0.29, 0.717) is 13.0 Å². The lowest BCUT2D eigenvalue weighted by Crippen LogP contribution is -2.52. The maximum Gasteiger partial charge on any atom is 0.321 e. The van der Waals surface area contributed by atoms with Gasteiger partial charge in [0, 0.05) is 19.5 Å². The van der Waals surface area contributed by atoms with Crippen LogP contribution in [0.2, 0.25) is 0 Å². The number of carbonyl (C=O) groups excluding carboxylic acids is 1. The minimum absolute atomic E-state index is 0.0772. The zero-order valence-corrected chi connectivity index (χ0v) is 12.3. The van der Waals surface area contributed by atoms with Crippen molar-refractivity contribution in [2.24, 2.45) is 0 Å². The van der Waals surface area contributed by atoms with Crippen LogP contribution in [-0.4, -0.2) is 74.2 Å². The molecule has 9 nitrogen and oxygen atoms in total. The Labute approximate surface area is 121 Å². The van der Waals surface area contributed by atoms with E-state index in [4.69, 9.17) is 9.79 Å². The van der Waals surface area contributed by atoms with Crippen LogP contribution in [0.3, 0.4) is 0 Å². The Kier molecular flexibility index (Phi) is 6.76. The van der Waals surface area contributed by atoms with Gasteiger partial charge in [0.2, 0.25) is 0 Å². The molecule has 1 saturated heterocycles. The Morgan fingerprint density at radius 3 is 2.65 bits per heavy atom. The molecule has 0 bridgehead atoms. The molecule has 0 radical (unpaired) electrons. The Balaban J connectivity index is 2.30. The smallest absolute Gasteiger partial charge is 0.321 e. The number of amides is 2. The van der Waals surface area contributed by atoms with E-state index in [2.05, 4.69) is 21.6 Å². The fourth-order valence-electron chi connectivity index (χ4n) is 1.66. The average molecular weight is 330 g/mol. The van der Waals surface area contributed by atoms with Crippen molar-refractivity contribution in [1.29, 1.82) is 0 Å². The molecule has 0 spiro atoms. The largest absolute Gasteiger partial charge is 0.390 e. The Hall–Kier alpha value is -0.320. The van der Waals surface area contributed by atoms with Crippen LogP contribution in [0.4, 0.5) is 4.79 Å². The number of carbonyl (C=O) groups is 1. The highest BCUT2D eigenvalue weighted by atomic mass is 32.5. The van der Waals surface area contributed by atoms with Crippen LogP contribution in [0.15, 0.2) is 0 Å². The van der Waals surface area contributed by atoms with E-state index in [9.17, 15) is 20.1 Å². The molecule has 2 amide bonds. The van der Waals surface area contributed by atoms with Crippen molar-refractivity contribution in [1.82, 2.24) is 10.2 Å². The van der Waals surface area contributed by atoms with Crippen molar-refractivity contribution < 1.29 is 34.4 Å². The molecule has 20 heavy (non-hydrogen) atoms. The van der Waals surface area contributed by atoms with Gasteiger partial charge in [0.05, 0.1) is 12.7 Å². The summed E-state index contributed by atoms with van der Waals surface area (Å²) in [4.78, 5) is 30.5. The van der Waals surface area contributed by atoms with E-state index in [1.165, 1.54) is 4.90 Å². The average Bonchev–Trinajstić information content (AvgIpc) is 2.33. The molecule has 0 saturated carbocycles. The van der Waals surface area contributed by atoms with Crippen molar-refractivity contribution >= 4 is 24.6 Å². The van der Waals surface area contributed by atoms with Gasteiger partial charge in [0.15, 0.2) is 0 Å². The fraction of sp³-hybridized carbons (Fsp3) is 0.889. The van der Waals surface area contributed by atoms with Crippen molar-refractivity contribution in [3.63, 3.8) is 0 Å². The second-order valence-electron chi connectivity index (χ2n) is 4.45. The molecular weight excluding hydrogens is 311 g/mol. The number of aliphatic hydroxyl groups is 3. The van der Waals surface area contributed by atoms with Crippen LogP contribution in [0.1, 0.15) is 12.8 Å². The normalized spacial score (nSPS) is 23.4. The lowest BCUT2D eigenvalue weighted by atomic mass is 10.1. The highest BCUT2D eigenvalue weighted by molar-refractivity contribution is 8.06. The van der Waals surface area contributed by atoms with E-state index in [-0.39, 0.29) is 13.0 Å². The molecule has 118 valence electrons. The number of rotatable bonds is 7. The Morgan fingerprint density at radius 1 is 1.45 bits per heavy atom. The summed E-state index contributed by atoms with van der Waals surface area (Å²) in [7, 11) is 0. The van der Waals surface area contributed by atoms with Crippen LogP contribution in [0, 0.1) is 0 Å². The molecule has 11 heteroatoms. The molecule has 1 fully saturated rings. The molecule has 6 N–H and O–H groups in total. The molecule has 1 aliphatic heterocycles. The maximum atomic E-state index is 11.5. The van der Waals surface area contributed by atoms with Gasteiger partial charge in [0.1, 0.15) is 12.3 Å². The molecule has 0 aromatic carbocycles. The quantitative estimate of drug-likeness (QED) is 0.296. The third-order valence-corrected chi connectivity index (χ3v) is 3.60. The van der Waals surface area contributed by atoms with E-state index in [1.807, 2.05) is 0 Å². The van der Waals surface area contributed by atoms with Gasteiger partial charge in [-0.1, -0.05) is 0 Å². The highest BCUT2D eigenvalue weighted by Gasteiger charge is 2.25. The van der Waals surface area contributed by atoms with Crippen LogP contribution >= 0.6 is 6.72 Å². The van der Waals surface area contributed by atoms with E-state index < -0.39 is 37.8 Å². The fourth-order valence-corrected chi connectivity index (χ4v) is 2.19. The van der Waals surface area contributed by atoms with Gasteiger partial charge in [-0.05, 0) is 18.2 Å². The third-order valence-electron chi connectivity index (χ3n) is 2.80. The molecule has 3 atom stereocenters. The molecule has 1 heterocycles. The van der Waals surface area contributed by atoms with Gasteiger partial charge in [-0.2, -0.15) is 0 Å². The molecule has 0 aliphatic carbocycles. The monoisotopic (exact) mass is 330 g/mol. The van der Waals surface area contributed by atoms with Crippen molar-refractivity contribution in [2.75, 3.05) is 19.7 Å². The van der Waals surface area contributed by atoms with Crippen molar-refractivity contribution in [3.8, 4) is 0 Å². The van der Waals surface area contributed by atoms with E-state index in [0.717, 1.165) is 0 Å². The third kappa shape index (κ3) is 6.42. The molecule has 1 aliphatic rings. The highest BCUT2D eigenvalue weighted by Crippen LogP contribution is 2.36. The van der Waals surface area contributed by atoms with Crippen LogP contribution in [0.5, 0.6) is 0 Å². The van der Waals surface area contributed by atoms with Gasteiger partial charge < -0.3 is 39.8 Å². The first-order valence-corrected chi connectivity index (χ1v) is 8.61. The summed E-state index contributed by atoms with van der Waals surface area (Å²) in [5, 5.41) is 30.7. The zero-order valence-electron chi connectivity index (χ0n) is 10.6. The van der Waals surface area contributed by atoms with Gasteiger partial charge >= 0.3 is 12.7 Å². The van der Waals surface area contributed by atoms with Crippen LogP contribution < -0.4 is 5.32 Å². The lowest BCUT2D eigenvalue weighted by molar-refractivity contribution is -0.0179. The molecule has 0 aromatic rings. The number of aliphatic hydroxyl groups excluding tert-OH is 3. The predicted molar refractivity (Wildman–Crippen MR) is 72.0 cm³/mol. The topological polar surface area (TPSA) is 143 Å². The van der Waals surface area contributed by atoms with Crippen molar-refractivity contribution in [2.45, 2.75) is 31.3 Å². The van der Waals surface area contributed by atoms with Gasteiger partial charge in [0.25, 0.3) is 0 Å². The summed E-state index contributed by atoms with van der Waals surface area (Å²) in [6, 6.07) is -0.442. The number of hydrogen-bond donors (Lipinski definition) is 6. The Morgan fingerprint density at radius 2 is 2.10 bits per heavy atom. The number of urea groups is 1. The molecule has 1 unspecified atom stereocenters. The predicted octanol–water partition coefficient (Wildman–Crippen LogP) is -1.94. The van der Waals surface area contributed by atoms with Crippen molar-refractivity contribution in [3.05, 3.63) is 0 Å². The molecule has 1 rings (SSSR count). The van der Waals surface area contributed by atoms with E-state index in [1.54, 1.807) is 0 Å². The maximum absolute atomic E-state index is 11.5. The number of nitrogens with zero attached hydrogens (tertiary/aromatic N) is 1. The summed E-state index contributed by atoms with van der Waals surface area (Å²) in [6.07, 6.45) is -2.94. The minimum atomic E-state index is -3.86. The lowest BCUT2D eigenvalue weighted by Gasteiger charge is -2.31. The van der Waals surface area contributed by atoms with Crippen LogP contribution in [0.25, 0.3) is 0 Å². The first kappa shape index (κ1) is 17.7. The summed E-state index contributed by atoms with van der Waals surface area (Å²) in [5.41, 5.74) is 0. The number of hydrogen-bond acceptors (Lipinski definition) is 6. The summed E-state index contributed by atoms with van der Waals surface area (Å²) >= 11 is 4.21. The molecular formula is C9H19N2O7PS. The first-order chi connectivity index (χ1) is 9.19. The van der Waals surface area contributed by atoms with Gasteiger partial charge in [-0.3, -0.25) is 0 Å². The first-order valence-electron chi connectivity index (χ1n) is 5.99. The van der Waals surface area contributed by atoms with E-state index >= 15 is 0 Å². The standard InChI is InChI=1S/C9H19N2O7PS/c12-6(7(13)5-18-19(16,17)20)1-3-11-4-2-8(14)10-9(11)15/h6-8,12-14H,1-5H2,(H,10,15)(H2,16,17,20)/t6-,7+,8?/m0/s1. The minimum Gasteiger partial charge on any atom is -0.390 e. The summed E-state index contributed by atoms with van der Waals surface area (Å²) in [5.74, 6) is 0.